The highest BCUT2D eigenvalue weighted by Gasteiger charge is 2.08. The second-order valence-electron chi connectivity index (χ2n) is 2.87. The summed E-state index contributed by atoms with van der Waals surface area (Å²) in [6.45, 7) is 3.52. The number of hydrogen-bond acceptors (Lipinski definition) is 3. The summed E-state index contributed by atoms with van der Waals surface area (Å²) in [7, 11) is 2.65. The third kappa shape index (κ3) is 1.34. The van der Waals surface area contributed by atoms with Crippen LogP contribution in [0.4, 0.5) is 0 Å². The molecular formula is C8H11N3O3. The first-order valence-corrected chi connectivity index (χ1v) is 3.98. The number of aromatic nitrogens is 3. The van der Waals surface area contributed by atoms with Gasteiger partial charge in [0.05, 0.1) is 6.54 Å². The van der Waals surface area contributed by atoms with Gasteiger partial charge in [-0.1, -0.05) is 6.08 Å². The Morgan fingerprint density at radius 2 is 1.50 bits per heavy atom. The van der Waals surface area contributed by atoms with Gasteiger partial charge in [-0.05, 0) is 0 Å². The fourth-order valence-electron chi connectivity index (χ4n) is 1.12. The van der Waals surface area contributed by atoms with Gasteiger partial charge in [0, 0.05) is 14.1 Å². The molecule has 0 atom stereocenters. The Morgan fingerprint density at radius 1 is 1.07 bits per heavy atom. The van der Waals surface area contributed by atoms with Crippen LogP contribution in [0.1, 0.15) is 0 Å². The first-order valence-electron chi connectivity index (χ1n) is 3.98. The molecule has 0 aromatic carbocycles. The maximum atomic E-state index is 11.4. The van der Waals surface area contributed by atoms with E-state index in [2.05, 4.69) is 6.58 Å². The van der Waals surface area contributed by atoms with Gasteiger partial charge in [0.25, 0.3) is 0 Å². The van der Waals surface area contributed by atoms with Crippen LogP contribution in [0.15, 0.2) is 27.0 Å². The molecule has 0 unspecified atom stereocenters. The van der Waals surface area contributed by atoms with E-state index in [9.17, 15) is 14.4 Å². The van der Waals surface area contributed by atoms with Gasteiger partial charge in [0.15, 0.2) is 0 Å². The average molecular weight is 197 g/mol. The molecule has 6 nitrogen and oxygen atoms in total. The van der Waals surface area contributed by atoms with Gasteiger partial charge in [-0.2, -0.15) is 0 Å². The van der Waals surface area contributed by atoms with Gasteiger partial charge < -0.3 is 0 Å². The van der Waals surface area contributed by atoms with Crippen molar-refractivity contribution in [3.05, 3.63) is 44.1 Å². The zero-order valence-electron chi connectivity index (χ0n) is 8.06. The van der Waals surface area contributed by atoms with Gasteiger partial charge >= 0.3 is 17.1 Å². The maximum Gasteiger partial charge on any atom is 0.336 e. The summed E-state index contributed by atoms with van der Waals surface area (Å²) in [5, 5.41) is 0. The van der Waals surface area contributed by atoms with Crippen LogP contribution in [0.25, 0.3) is 0 Å². The summed E-state index contributed by atoms with van der Waals surface area (Å²) in [6.07, 6.45) is 1.42. The molecule has 0 aliphatic heterocycles. The maximum absolute atomic E-state index is 11.4. The van der Waals surface area contributed by atoms with E-state index in [1.807, 2.05) is 0 Å². The predicted octanol–water partition coefficient (Wildman–Crippen LogP) is -1.57. The Balaban J connectivity index is 3.78. The van der Waals surface area contributed by atoms with Gasteiger partial charge in [-0.3, -0.25) is 0 Å². The third-order valence-corrected chi connectivity index (χ3v) is 1.92. The third-order valence-electron chi connectivity index (χ3n) is 1.92. The van der Waals surface area contributed by atoms with E-state index in [1.54, 1.807) is 0 Å². The summed E-state index contributed by atoms with van der Waals surface area (Å²) >= 11 is 0. The van der Waals surface area contributed by atoms with Crippen LogP contribution in [0.3, 0.4) is 0 Å². The summed E-state index contributed by atoms with van der Waals surface area (Å²) < 4.78 is 2.70. The van der Waals surface area contributed by atoms with Crippen LogP contribution in [0.2, 0.25) is 0 Å². The van der Waals surface area contributed by atoms with E-state index in [0.29, 0.717) is 0 Å². The van der Waals surface area contributed by atoms with Crippen LogP contribution in [-0.4, -0.2) is 13.7 Å². The second kappa shape index (κ2) is 3.49. The Morgan fingerprint density at radius 3 is 1.86 bits per heavy atom. The smallest absolute Gasteiger partial charge is 0.248 e. The van der Waals surface area contributed by atoms with Crippen LogP contribution in [0, 0.1) is 0 Å². The van der Waals surface area contributed by atoms with Crippen molar-refractivity contribution in [2.75, 3.05) is 0 Å². The van der Waals surface area contributed by atoms with E-state index in [-0.39, 0.29) is 6.54 Å². The highest BCUT2D eigenvalue weighted by Crippen LogP contribution is 1.70. The summed E-state index contributed by atoms with van der Waals surface area (Å²) in [5.74, 6) is 0. The average Bonchev–Trinajstić information content (AvgIpc) is 2.19. The van der Waals surface area contributed by atoms with Crippen molar-refractivity contribution in [2.45, 2.75) is 6.54 Å². The first kappa shape index (κ1) is 10.2. The molecule has 14 heavy (non-hydrogen) atoms. The lowest BCUT2D eigenvalue weighted by atomic mass is 10.6. The van der Waals surface area contributed by atoms with Crippen LogP contribution >= 0.6 is 0 Å². The fraction of sp³-hybridized carbons (Fsp3) is 0.375. The lowest BCUT2D eigenvalue weighted by molar-refractivity contribution is 0.533. The van der Waals surface area contributed by atoms with Gasteiger partial charge in [-0.25, -0.2) is 28.1 Å². The molecule has 0 aliphatic carbocycles. The molecule has 0 spiro atoms. The molecule has 6 heteroatoms. The van der Waals surface area contributed by atoms with E-state index in [0.717, 1.165) is 13.7 Å². The molecule has 1 rings (SSSR count). The minimum absolute atomic E-state index is 0.0969. The Labute approximate surface area is 79.3 Å². The molecule has 0 bridgehead atoms. The van der Waals surface area contributed by atoms with Crippen molar-refractivity contribution in [1.82, 2.24) is 13.7 Å². The minimum Gasteiger partial charge on any atom is -0.248 e. The number of hydrogen-bond donors (Lipinski definition) is 0. The molecule has 0 radical (unpaired) electrons. The van der Waals surface area contributed by atoms with Crippen LogP contribution < -0.4 is 17.1 Å². The van der Waals surface area contributed by atoms with E-state index in [4.69, 9.17) is 0 Å². The van der Waals surface area contributed by atoms with E-state index >= 15 is 0 Å². The topological polar surface area (TPSA) is 66.0 Å². The normalized spacial score (nSPS) is 10.1. The molecular weight excluding hydrogens is 186 g/mol. The summed E-state index contributed by atoms with van der Waals surface area (Å²) in [6, 6.07) is 0. The molecule has 0 fully saturated rings. The number of allylic oxidation sites excluding steroid dienone is 1. The fourth-order valence-corrected chi connectivity index (χ4v) is 1.12. The number of nitrogens with zero attached hydrogens (tertiary/aromatic N) is 3. The van der Waals surface area contributed by atoms with Crippen molar-refractivity contribution in [3.8, 4) is 0 Å². The molecule has 1 aromatic rings. The zero-order valence-corrected chi connectivity index (χ0v) is 8.06. The molecule has 1 aromatic heterocycles. The van der Waals surface area contributed by atoms with Crippen molar-refractivity contribution in [2.24, 2.45) is 14.1 Å². The van der Waals surface area contributed by atoms with Gasteiger partial charge in [0.2, 0.25) is 0 Å². The van der Waals surface area contributed by atoms with Crippen molar-refractivity contribution < 1.29 is 0 Å². The highest BCUT2D eigenvalue weighted by molar-refractivity contribution is 4.79. The molecule has 0 aliphatic rings. The molecule has 1 heterocycles. The predicted molar refractivity (Wildman–Crippen MR) is 51.4 cm³/mol. The summed E-state index contributed by atoms with van der Waals surface area (Å²) in [5.41, 5.74) is -1.88. The Kier molecular flexibility index (Phi) is 2.55. The molecule has 76 valence electrons. The number of rotatable bonds is 2. The minimum atomic E-state index is -0.627. The lowest BCUT2D eigenvalue weighted by Gasteiger charge is -2.05. The second-order valence-corrected chi connectivity index (χ2v) is 2.87. The SMILES string of the molecule is C=CCn1c(=O)n(C)c(=O)n(C)c1=O. The largest absolute Gasteiger partial charge is 0.336 e. The molecule has 0 saturated heterocycles. The Hall–Kier alpha value is -1.85. The summed E-state index contributed by atoms with van der Waals surface area (Å²) in [4.78, 5) is 34.1. The molecule has 0 amide bonds. The van der Waals surface area contributed by atoms with Gasteiger partial charge in [0.1, 0.15) is 0 Å². The first-order chi connectivity index (χ1) is 6.50. The van der Waals surface area contributed by atoms with Crippen molar-refractivity contribution >= 4 is 0 Å². The van der Waals surface area contributed by atoms with Crippen LogP contribution in [-0.2, 0) is 20.6 Å². The van der Waals surface area contributed by atoms with Crippen LogP contribution in [0.5, 0.6) is 0 Å². The van der Waals surface area contributed by atoms with Gasteiger partial charge in [-0.15, -0.1) is 6.58 Å². The lowest BCUT2D eigenvalue weighted by Crippen LogP contribution is -2.52. The standard InChI is InChI=1S/C8H11N3O3/c1-4-5-11-7(13)9(2)6(12)10(3)8(11)14/h4H,1,5H2,2-3H3. The highest BCUT2D eigenvalue weighted by atomic mass is 16.2. The zero-order chi connectivity index (χ0) is 10.9. The van der Waals surface area contributed by atoms with Crippen molar-refractivity contribution in [1.29, 1.82) is 0 Å². The molecule has 0 saturated carbocycles. The molecule has 0 N–H and O–H groups in total. The van der Waals surface area contributed by atoms with Crippen molar-refractivity contribution in [3.63, 3.8) is 0 Å². The van der Waals surface area contributed by atoms with E-state index in [1.165, 1.54) is 20.2 Å². The quantitative estimate of drug-likeness (QED) is 0.538. The Bertz CT molecular complexity index is 492. The van der Waals surface area contributed by atoms with E-state index < -0.39 is 17.1 Å². The monoisotopic (exact) mass is 197 g/mol.